The van der Waals surface area contributed by atoms with Gasteiger partial charge in [0.1, 0.15) is 0 Å². The molecule has 1 atom stereocenters. The first-order valence-electron chi connectivity index (χ1n) is 6.04. The molecule has 0 saturated heterocycles. The normalized spacial score (nSPS) is 17.4. The van der Waals surface area contributed by atoms with Gasteiger partial charge in [0.15, 0.2) is 6.10 Å². The Labute approximate surface area is 106 Å². The molecule has 1 aliphatic heterocycles. The lowest BCUT2D eigenvalue weighted by Crippen LogP contribution is -2.01. The summed E-state index contributed by atoms with van der Waals surface area (Å²) >= 11 is 0. The van der Waals surface area contributed by atoms with Gasteiger partial charge in [0.25, 0.3) is 0 Å². The molecule has 1 aliphatic rings. The second kappa shape index (κ2) is 3.98. The summed E-state index contributed by atoms with van der Waals surface area (Å²) in [6, 6.07) is 13.8. The maximum atomic E-state index is 11.8. The minimum Gasteiger partial charge on any atom is -0.449 e. The smallest absolute Gasteiger partial charge is 0.339 e. The number of esters is 1. The number of rotatable bonds is 1. The van der Waals surface area contributed by atoms with Gasteiger partial charge in [-0.3, -0.25) is 0 Å². The third-order valence-electron chi connectivity index (χ3n) is 3.52. The van der Waals surface area contributed by atoms with E-state index in [1.54, 1.807) is 0 Å². The summed E-state index contributed by atoms with van der Waals surface area (Å²) < 4.78 is 5.47. The zero-order valence-electron chi connectivity index (χ0n) is 10.4. The summed E-state index contributed by atoms with van der Waals surface area (Å²) in [4.78, 5) is 11.8. The average molecular weight is 238 g/mol. The Bertz CT molecular complexity index is 629. The first kappa shape index (κ1) is 11.0. The summed E-state index contributed by atoms with van der Waals surface area (Å²) in [5.74, 6) is -0.228. The number of cyclic esters (lactones) is 1. The molecule has 0 fully saturated rings. The van der Waals surface area contributed by atoms with E-state index in [4.69, 9.17) is 4.74 Å². The highest BCUT2D eigenvalue weighted by molar-refractivity contribution is 5.94. The van der Waals surface area contributed by atoms with Crippen molar-refractivity contribution in [1.29, 1.82) is 0 Å². The monoisotopic (exact) mass is 238 g/mol. The van der Waals surface area contributed by atoms with Crippen LogP contribution in [0, 0.1) is 13.8 Å². The first-order valence-corrected chi connectivity index (χ1v) is 6.04. The Morgan fingerprint density at radius 2 is 1.78 bits per heavy atom. The quantitative estimate of drug-likeness (QED) is 0.710. The third-order valence-corrected chi connectivity index (χ3v) is 3.52. The Morgan fingerprint density at radius 3 is 2.56 bits per heavy atom. The van der Waals surface area contributed by atoms with E-state index < -0.39 is 0 Å². The minimum atomic E-state index is -0.256. The van der Waals surface area contributed by atoms with Crippen LogP contribution in [0.15, 0.2) is 42.5 Å². The molecule has 2 aromatic rings. The van der Waals surface area contributed by atoms with Crippen LogP contribution in [0.2, 0.25) is 0 Å². The van der Waals surface area contributed by atoms with E-state index in [1.165, 1.54) is 11.1 Å². The molecule has 0 radical (unpaired) electrons. The number of carbonyl (C=O) groups is 1. The van der Waals surface area contributed by atoms with Gasteiger partial charge < -0.3 is 4.74 Å². The minimum absolute atomic E-state index is 0.228. The number of ether oxygens (including phenoxy) is 1. The van der Waals surface area contributed by atoms with Gasteiger partial charge in [-0.2, -0.15) is 0 Å². The van der Waals surface area contributed by atoms with Gasteiger partial charge >= 0.3 is 5.97 Å². The Morgan fingerprint density at radius 1 is 1.00 bits per heavy atom. The van der Waals surface area contributed by atoms with Crippen molar-refractivity contribution in [3.63, 3.8) is 0 Å². The highest BCUT2D eigenvalue weighted by Gasteiger charge is 2.31. The molecule has 0 amide bonds. The van der Waals surface area contributed by atoms with Crippen molar-refractivity contribution in [3.05, 3.63) is 70.3 Å². The lowest BCUT2D eigenvalue weighted by molar-refractivity contribution is 0.0455. The van der Waals surface area contributed by atoms with E-state index in [2.05, 4.69) is 26.0 Å². The van der Waals surface area contributed by atoms with Crippen LogP contribution in [-0.4, -0.2) is 5.97 Å². The molecule has 18 heavy (non-hydrogen) atoms. The average Bonchev–Trinajstić information content (AvgIpc) is 2.71. The topological polar surface area (TPSA) is 26.3 Å². The second-order valence-corrected chi connectivity index (χ2v) is 4.72. The van der Waals surface area contributed by atoms with E-state index >= 15 is 0 Å². The van der Waals surface area contributed by atoms with Crippen LogP contribution in [0.1, 0.15) is 38.7 Å². The Kier molecular flexibility index (Phi) is 2.44. The van der Waals surface area contributed by atoms with Gasteiger partial charge in [0.2, 0.25) is 0 Å². The van der Waals surface area contributed by atoms with Crippen LogP contribution in [0.25, 0.3) is 0 Å². The maximum Gasteiger partial charge on any atom is 0.339 e. The van der Waals surface area contributed by atoms with Crippen molar-refractivity contribution in [2.45, 2.75) is 20.0 Å². The molecule has 1 heterocycles. The fourth-order valence-corrected chi connectivity index (χ4v) is 2.32. The number of hydrogen-bond acceptors (Lipinski definition) is 2. The Hall–Kier alpha value is -2.09. The van der Waals surface area contributed by atoms with Gasteiger partial charge in [-0.15, -0.1) is 0 Å². The fraction of sp³-hybridized carbons (Fsp3) is 0.188. The van der Waals surface area contributed by atoms with Gasteiger partial charge in [0.05, 0.1) is 5.56 Å². The molecule has 0 saturated carbocycles. The number of fused-ring (bicyclic) bond motifs is 1. The largest absolute Gasteiger partial charge is 0.449 e. The van der Waals surface area contributed by atoms with Crippen LogP contribution >= 0.6 is 0 Å². The highest BCUT2D eigenvalue weighted by Crippen LogP contribution is 2.36. The summed E-state index contributed by atoms with van der Waals surface area (Å²) in [5, 5.41) is 0. The van der Waals surface area contributed by atoms with Crippen molar-refractivity contribution in [1.82, 2.24) is 0 Å². The SMILES string of the molecule is Cc1ccc([C@@H]2OC(=O)c3ccccc32)cc1C. The van der Waals surface area contributed by atoms with E-state index in [-0.39, 0.29) is 12.1 Å². The van der Waals surface area contributed by atoms with Crippen LogP contribution in [0.4, 0.5) is 0 Å². The maximum absolute atomic E-state index is 11.8. The third kappa shape index (κ3) is 1.61. The molecule has 3 rings (SSSR count). The number of carbonyl (C=O) groups excluding carboxylic acids is 1. The van der Waals surface area contributed by atoms with Gasteiger partial charge in [-0.05, 0) is 36.6 Å². The molecule has 0 bridgehead atoms. The van der Waals surface area contributed by atoms with Crippen LogP contribution < -0.4 is 0 Å². The molecule has 0 spiro atoms. The molecule has 2 nitrogen and oxygen atoms in total. The lowest BCUT2D eigenvalue weighted by atomic mass is 9.97. The highest BCUT2D eigenvalue weighted by atomic mass is 16.5. The fourth-order valence-electron chi connectivity index (χ4n) is 2.32. The zero-order valence-corrected chi connectivity index (χ0v) is 10.4. The molecule has 0 aromatic heterocycles. The predicted molar refractivity (Wildman–Crippen MR) is 69.6 cm³/mol. The number of benzene rings is 2. The van der Waals surface area contributed by atoms with Gasteiger partial charge in [0, 0.05) is 5.56 Å². The first-order chi connectivity index (χ1) is 8.66. The van der Waals surface area contributed by atoms with Crippen molar-refractivity contribution in [2.24, 2.45) is 0 Å². The van der Waals surface area contributed by atoms with E-state index in [0.29, 0.717) is 5.56 Å². The summed E-state index contributed by atoms with van der Waals surface area (Å²) in [5.41, 5.74) is 5.15. The van der Waals surface area contributed by atoms with Crippen LogP contribution in [-0.2, 0) is 4.74 Å². The van der Waals surface area contributed by atoms with Crippen molar-refractivity contribution in [3.8, 4) is 0 Å². The van der Waals surface area contributed by atoms with E-state index in [9.17, 15) is 4.79 Å². The number of aryl methyl sites for hydroxylation is 2. The van der Waals surface area contributed by atoms with E-state index in [0.717, 1.165) is 11.1 Å². The molecule has 2 aromatic carbocycles. The summed E-state index contributed by atoms with van der Waals surface area (Å²) in [6.07, 6.45) is -0.256. The molecule has 0 aliphatic carbocycles. The van der Waals surface area contributed by atoms with Crippen molar-refractivity contribution in [2.75, 3.05) is 0 Å². The van der Waals surface area contributed by atoms with Gasteiger partial charge in [-0.1, -0.05) is 36.4 Å². The molecular formula is C16H14O2. The van der Waals surface area contributed by atoms with Crippen LogP contribution in [0.5, 0.6) is 0 Å². The lowest BCUT2D eigenvalue weighted by Gasteiger charge is -2.12. The summed E-state index contributed by atoms with van der Waals surface area (Å²) in [7, 11) is 0. The zero-order chi connectivity index (χ0) is 12.7. The second-order valence-electron chi connectivity index (χ2n) is 4.72. The molecule has 0 N–H and O–H groups in total. The van der Waals surface area contributed by atoms with E-state index in [1.807, 2.05) is 30.3 Å². The van der Waals surface area contributed by atoms with Crippen molar-refractivity contribution >= 4 is 5.97 Å². The molecular weight excluding hydrogens is 224 g/mol. The van der Waals surface area contributed by atoms with Gasteiger partial charge in [-0.25, -0.2) is 4.79 Å². The standard InChI is InChI=1S/C16H14O2/c1-10-7-8-12(9-11(10)2)15-13-5-3-4-6-14(13)16(17)18-15/h3-9,15H,1-2H3/t15-/m0/s1. The molecule has 2 heteroatoms. The Balaban J connectivity index is 2.09. The summed E-state index contributed by atoms with van der Waals surface area (Å²) in [6.45, 7) is 4.15. The number of hydrogen-bond donors (Lipinski definition) is 0. The molecule has 0 unspecified atom stereocenters. The van der Waals surface area contributed by atoms with Crippen LogP contribution in [0.3, 0.4) is 0 Å². The molecule has 90 valence electrons. The van der Waals surface area contributed by atoms with Crippen molar-refractivity contribution < 1.29 is 9.53 Å². The predicted octanol–water partition coefficient (Wildman–Crippen LogP) is 3.56.